The highest BCUT2D eigenvalue weighted by Crippen LogP contribution is 2.67. The van der Waals surface area contributed by atoms with Gasteiger partial charge in [-0.05, 0) is 23.3 Å². The molecule has 0 bridgehead atoms. The first-order valence-electron chi connectivity index (χ1n) is 6.61. The van der Waals surface area contributed by atoms with E-state index in [0.29, 0.717) is 10.8 Å². The van der Waals surface area contributed by atoms with Gasteiger partial charge in [0, 0.05) is 26.2 Å². The smallest absolute Gasteiger partial charge is 0.317 e. The second-order valence-corrected chi connectivity index (χ2v) is 6.42. The molecule has 0 spiro atoms. The first kappa shape index (κ1) is 12.7. The third-order valence-corrected chi connectivity index (χ3v) is 5.17. The molecule has 0 aromatic carbocycles. The molecule has 2 amide bonds. The lowest BCUT2D eigenvalue weighted by atomic mass is 10.0. The Morgan fingerprint density at radius 2 is 2.00 bits per heavy atom. The summed E-state index contributed by atoms with van der Waals surface area (Å²) in [6, 6.07) is 0.0823. The molecule has 0 aromatic rings. The van der Waals surface area contributed by atoms with Crippen LogP contribution < -0.4 is 10.6 Å². The van der Waals surface area contributed by atoms with Gasteiger partial charge in [0.25, 0.3) is 0 Å². The maximum absolute atomic E-state index is 11.3. The van der Waals surface area contributed by atoms with Crippen molar-refractivity contribution in [2.24, 2.45) is 16.7 Å². The summed E-state index contributed by atoms with van der Waals surface area (Å²) in [5.41, 5.74) is 0.899. The maximum Gasteiger partial charge on any atom is 0.317 e. The summed E-state index contributed by atoms with van der Waals surface area (Å²) in [7, 11) is 0. The fourth-order valence-corrected chi connectivity index (χ4v) is 3.03. The van der Waals surface area contributed by atoms with Crippen LogP contribution >= 0.6 is 0 Å². The molecule has 1 saturated heterocycles. The van der Waals surface area contributed by atoms with Crippen molar-refractivity contribution < 1.29 is 4.79 Å². The van der Waals surface area contributed by atoms with E-state index in [1.165, 1.54) is 0 Å². The van der Waals surface area contributed by atoms with Crippen molar-refractivity contribution in [3.8, 4) is 0 Å². The number of amides is 2. The monoisotopic (exact) mass is 239 g/mol. The van der Waals surface area contributed by atoms with Crippen LogP contribution in [0.4, 0.5) is 4.79 Å². The van der Waals surface area contributed by atoms with Crippen molar-refractivity contribution >= 4 is 6.03 Å². The number of hydrogen-bond acceptors (Lipinski definition) is 2. The zero-order chi connectivity index (χ0) is 12.7. The van der Waals surface area contributed by atoms with E-state index in [9.17, 15) is 4.79 Å². The van der Waals surface area contributed by atoms with Gasteiger partial charge in [0.2, 0.25) is 0 Å². The number of carbonyl (C=O) groups is 1. The van der Waals surface area contributed by atoms with E-state index in [1.807, 2.05) is 4.90 Å². The van der Waals surface area contributed by atoms with Gasteiger partial charge in [-0.25, -0.2) is 4.79 Å². The number of urea groups is 1. The Morgan fingerprint density at radius 1 is 1.35 bits per heavy atom. The Balaban J connectivity index is 1.63. The lowest BCUT2D eigenvalue weighted by molar-refractivity contribution is 0.217. The molecule has 2 rings (SSSR count). The Morgan fingerprint density at radius 3 is 2.47 bits per heavy atom. The summed E-state index contributed by atoms with van der Waals surface area (Å²) in [5, 5.41) is 6.30. The van der Waals surface area contributed by atoms with Gasteiger partial charge in [0.15, 0.2) is 0 Å². The van der Waals surface area contributed by atoms with Crippen LogP contribution in [0.5, 0.6) is 0 Å². The molecular weight excluding hydrogens is 214 g/mol. The molecule has 0 unspecified atom stereocenters. The summed E-state index contributed by atoms with van der Waals surface area (Å²) in [6.45, 7) is 13.8. The number of nitrogens with zero attached hydrogens (tertiary/aromatic N) is 1. The average molecular weight is 239 g/mol. The minimum atomic E-state index is 0.0823. The third kappa shape index (κ3) is 2.15. The van der Waals surface area contributed by atoms with Crippen molar-refractivity contribution in [3.05, 3.63) is 0 Å². The van der Waals surface area contributed by atoms with Gasteiger partial charge in [-0.3, -0.25) is 0 Å². The topological polar surface area (TPSA) is 44.4 Å². The molecule has 1 aliphatic heterocycles. The summed E-state index contributed by atoms with van der Waals surface area (Å²) >= 11 is 0. The minimum absolute atomic E-state index is 0.0823. The highest BCUT2D eigenvalue weighted by molar-refractivity contribution is 5.76. The van der Waals surface area contributed by atoms with Crippen molar-refractivity contribution in [1.29, 1.82) is 0 Å². The second kappa shape index (κ2) is 4.16. The fourth-order valence-electron chi connectivity index (χ4n) is 3.03. The van der Waals surface area contributed by atoms with Gasteiger partial charge in [-0.15, -0.1) is 0 Å². The van der Waals surface area contributed by atoms with Crippen molar-refractivity contribution in [1.82, 2.24) is 15.5 Å². The zero-order valence-corrected chi connectivity index (χ0v) is 11.5. The van der Waals surface area contributed by atoms with Crippen LogP contribution in [0.2, 0.25) is 0 Å². The highest BCUT2D eigenvalue weighted by atomic mass is 16.2. The van der Waals surface area contributed by atoms with Crippen LogP contribution in [-0.2, 0) is 0 Å². The molecule has 0 radical (unpaired) electrons. The molecule has 1 aliphatic carbocycles. The summed E-state index contributed by atoms with van der Waals surface area (Å²) in [4.78, 5) is 13.2. The van der Waals surface area contributed by atoms with E-state index in [-0.39, 0.29) is 6.03 Å². The Bertz CT molecular complexity index is 298. The van der Waals surface area contributed by atoms with Gasteiger partial charge in [0.1, 0.15) is 0 Å². The average Bonchev–Trinajstić information content (AvgIpc) is 2.56. The predicted octanol–water partition coefficient (Wildman–Crippen LogP) is 1.28. The van der Waals surface area contributed by atoms with Crippen LogP contribution in [-0.4, -0.2) is 43.7 Å². The minimum Gasteiger partial charge on any atom is -0.336 e. The molecule has 2 N–H and O–H groups in total. The van der Waals surface area contributed by atoms with E-state index >= 15 is 0 Å². The maximum atomic E-state index is 11.3. The molecular formula is C13H25N3O. The lowest BCUT2D eigenvalue weighted by Gasteiger charge is -2.14. The van der Waals surface area contributed by atoms with E-state index in [0.717, 1.165) is 38.6 Å². The summed E-state index contributed by atoms with van der Waals surface area (Å²) in [5.74, 6) is 0.752. The van der Waals surface area contributed by atoms with Gasteiger partial charge < -0.3 is 15.5 Å². The van der Waals surface area contributed by atoms with E-state index < -0.39 is 0 Å². The highest BCUT2D eigenvalue weighted by Gasteiger charge is 2.63. The number of nitrogens with one attached hydrogen (secondary N) is 2. The van der Waals surface area contributed by atoms with Crippen LogP contribution in [0, 0.1) is 16.7 Å². The predicted molar refractivity (Wildman–Crippen MR) is 68.9 cm³/mol. The number of rotatable bonds is 5. The fraction of sp³-hybridized carbons (Fsp3) is 0.923. The number of hydrogen-bond donors (Lipinski definition) is 2. The first-order valence-corrected chi connectivity index (χ1v) is 6.61. The van der Waals surface area contributed by atoms with E-state index in [2.05, 4.69) is 38.3 Å². The number of carbonyl (C=O) groups excluding carboxylic acids is 1. The lowest BCUT2D eigenvalue weighted by Crippen LogP contribution is -2.35. The quantitative estimate of drug-likeness (QED) is 0.710. The molecule has 98 valence electrons. The molecule has 1 saturated carbocycles. The normalized spacial score (nSPS) is 26.1. The molecule has 2 aliphatic rings. The van der Waals surface area contributed by atoms with Gasteiger partial charge in [0.05, 0.1) is 0 Å². The standard InChI is InChI=1S/C13H25N3O/c1-12(2)10(13(12,3)4)9-14-5-7-16-8-6-15-11(16)17/h10,14H,5-9H2,1-4H3,(H,15,17). The molecule has 17 heavy (non-hydrogen) atoms. The van der Waals surface area contributed by atoms with Gasteiger partial charge >= 0.3 is 6.03 Å². The van der Waals surface area contributed by atoms with Crippen LogP contribution in [0.15, 0.2) is 0 Å². The van der Waals surface area contributed by atoms with Gasteiger partial charge in [-0.1, -0.05) is 27.7 Å². The molecule has 0 aromatic heterocycles. The first-order chi connectivity index (χ1) is 7.87. The third-order valence-electron chi connectivity index (χ3n) is 5.17. The molecule has 0 atom stereocenters. The van der Waals surface area contributed by atoms with Crippen molar-refractivity contribution in [2.75, 3.05) is 32.7 Å². The summed E-state index contributed by atoms with van der Waals surface area (Å²) < 4.78 is 0. The molecule has 4 heteroatoms. The van der Waals surface area contributed by atoms with Crippen LogP contribution in [0.3, 0.4) is 0 Å². The summed E-state index contributed by atoms with van der Waals surface area (Å²) in [6.07, 6.45) is 0. The molecule has 2 fully saturated rings. The van der Waals surface area contributed by atoms with Crippen molar-refractivity contribution in [2.45, 2.75) is 27.7 Å². The van der Waals surface area contributed by atoms with Crippen LogP contribution in [0.1, 0.15) is 27.7 Å². The zero-order valence-electron chi connectivity index (χ0n) is 11.5. The Hall–Kier alpha value is -0.770. The Labute approximate surface area is 104 Å². The van der Waals surface area contributed by atoms with E-state index in [1.54, 1.807) is 0 Å². The SMILES string of the molecule is CC1(C)C(CNCCN2CCNC2=O)C1(C)C. The molecule has 1 heterocycles. The van der Waals surface area contributed by atoms with Gasteiger partial charge in [-0.2, -0.15) is 0 Å². The second-order valence-electron chi connectivity index (χ2n) is 6.42. The van der Waals surface area contributed by atoms with Crippen molar-refractivity contribution in [3.63, 3.8) is 0 Å². The largest absolute Gasteiger partial charge is 0.336 e. The van der Waals surface area contributed by atoms with Crippen LogP contribution in [0.25, 0.3) is 0 Å². The van der Waals surface area contributed by atoms with E-state index in [4.69, 9.17) is 0 Å². The Kier molecular flexibility index (Phi) is 3.10. The molecule has 4 nitrogen and oxygen atoms in total.